The number of nitrogens with one attached hydrogen (secondary N) is 2. The van der Waals surface area contributed by atoms with Gasteiger partial charge in [0.1, 0.15) is 40.9 Å². The third-order valence-electron chi connectivity index (χ3n) is 6.17. The van der Waals surface area contributed by atoms with Gasteiger partial charge in [-0.1, -0.05) is 36.4 Å². The van der Waals surface area contributed by atoms with E-state index < -0.39 is 24.0 Å². The highest BCUT2D eigenvalue weighted by Crippen LogP contribution is 2.33. The largest absolute Gasteiger partial charge is 0.573 e. The van der Waals surface area contributed by atoms with Crippen LogP contribution in [0.5, 0.6) is 5.75 Å². The number of hydrogen-bond acceptors (Lipinski definition) is 8. The smallest absolute Gasteiger partial charge is 0.458 e. The van der Waals surface area contributed by atoms with Gasteiger partial charge in [0.05, 0.1) is 28.3 Å². The van der Waals surface area contributed by atoms with Gasteiger partial charge in [-0.25, -0.2) is 14.4 Å². The molecule has 41 heavy (non-hydrogen) atoms. The second-order valence-electron chi connectivity index (χ2n) is 8.98. The lowest BCUT2D eigenvalue weighted by molar-refractivity contribution is -0.274. The zero-order valence-corrected chi connectivity index (χ0v) is 21.3. The normalized spacial score (nSPS) is 12.2. The highest BCUT2D eigenvalue weighted by Gasteiger charge is 2.31. The fraction of sp³-hybridized carbons (Fsp3) is 0.103. The number of nitrogens with zero attached hydrogens (tertiary/aromatic N) is 2. The van der Waals surface area contributed by atoms with Gasteiger partial charge in [0, 0.05) is 5.56 Å². The summed E-state index contributed by atoms with van der Waals surface area (Å²) in [6.07, 6.45) is -3.77. The lowest BCUT2D eigenvalue weighted by Gasteiger charge is -2.20. The second kappa shape index (κ2) is 10.7. The molecule has 0 aliphatic carbocycles. The molecule has 4 N–H and O–H groups in total. The zero-order chi connectivity index (χ0) is 29.3. The van der Waals surface area contributed by atoms with Gasteiger partial charge in [-0.15, -0.1) is 13.2 Å². The lowest BCUT2D eigenvalue weighted by atomic mass is 9.98. The van der Waals surface area contributed by atoms with E-state index in [-0.39, 0.29) is 45.2 Å². The Labute approximate surface area is 230 Å². The first-order valence-electron chi connectivity index (χ1n) is 12.2. The number of hydrogen-bond donors (Lipinski definition) is 3. The monoisotopic (exact) mass is 563 g/mol. The van der Waals surface area contributed by atoms with Gasteiger partial charge in [-0.3, -0.25) is 10.2 Å². The van der Waals surface area contributed by atoms with E-state index >= 15 is 0 Å². The molecule has 2 heterocycles. The Morgan fingerprint density at radius 1 is 1.05 bits per heavy atom. The van der Waals surface area contributed by atoms with Gasteiger partial charge >= 0.3 is 6.36 Å². The fourth-order valence-corrected chi connectivity index (χ4v) is 4.40. The Kier molecular flexibility index (Phi) is 7.14. The van der Waals surface area contributed by atoms with E-state index in [2.05, 4.69) is 20.0 Å². The molecule has 12 heteroatoms. The minimum Gasteiger partial charge on any atom is -0.458 e. The van der Waals surface area contributed by atoms with E-state index in [1.807, 2.05) is 0 Å². The third-order valence-corrected chi connectivity index (χ3v) is 6.17. The second-order valence-corrected chi connectivity index (χ2v) is 8.98. The van der Waals surface area contributed by atoms with E-state index in [4.69, 9.17) is 15.6 Å². The molecule has 0 bridgehead atoms. The summed E-state index contributed by atoms with van der Waals surface area (Å²) in [5.74, 6) is -0.965. The summed E-state index contributed by atoms with van der Waals surface area (Å²) in [5.41, 5.74) is 6.21. The number of nitrogen functional groups attached to an aromatic ring is 1. The first kappa shape index (κ1) is 27.3. The molecule has 1 atom stereocenters. The molecule has 5 aromatic rings. The average Bonchev–Trinajstić information content (AvgIpc) is 2.92. The van der Waals surface area contributed by atoms with Gasteiger partial charge in [-0.2, -0.15) is 0 Å². The van der Waals surface area contributed by atoms with Gasteiger partial charge in [0.2, 0.25) is 5.43 Å². The fourth-order valence-electron chi connectivity index (χ4n) is 4.40. The molecule has 8 nitrogen and oxygen atoms in total. The number of aromatic nitrogens is 2. The first-order valence-corrected chi connectivity index (χ1v) is 12.2. The summed E-state index contributed by atoms with van der Waals surface area (Å²) in [6, 6.07) is 16.2. The average molecular weight is 564 g/mol. The molecule has 0 fully saturated rings. The van der Waals surface area contributed by atoms with E-state index in [9.17, 15) is 22.4 Å². The zero-order valence-electron chi connectivity index (χ0n) is 21.3. The third kappa shape index (κ3) is 5.71. The molecule has 3 aromatic carbocycles. The van der Waals surface area contributed by atoms with Crippen LogP contribution in [0.2, 0.25) is 0 Å². The van der Waals surface area contributed by atoms with Crippen molar-refractivity contribution in [1.29, 1.82) is 5.41 Å². The molecule has 2 aromatic heterocycles. The van der Waals surface area contributed by atoms with Crippen LogP contribution >= 0.6 is 0 Å². The molecule has 0 aliphatic rings. The summed E-state index contributed by atoms with van der Waals surface area (Å²) in [6.45, 7) is 1.67. The molecule has 0 spiro atoms. The van der Waals surface area contributed by atoms with E-state index in [1.54, 1.807) is 37.3 Å². The molecule has 208 valence electrons. The van der Waals surface area contributed by atoms with Crippen molar-refractivity contribution in [2.45, 2.75) is 19.3 Å². The van der Waals surface area contributed by atoms with E-state index in [0.29, 0.717) is 16.5 Å². The van der Waals surface area contributed by atoms with Gasteiger partial charge in [0.25, 0.3) is 0 Å². The van der Waals surface area contributed by atoms with E-state index in [0.717, 1.165) is 18.5 Å². The quantitative estimate of drug-likeness (QED) is 0.153. The van der Waals surface area contributed by atoms with Crippen molar-refractivity contribution in [3.8, 4) is 16.9 Å². The number of rotatable bonds is 7. The van der Waals surface area contributed by atoms with Crippen molar-refractivity contribution in [2.24, 2.45) is 0 Å². The maximum atomic E-state index is 14.2. The Bertz CT molecular complexity index is 1840. The molecule has 0 saturated heterocycles. The molecule has 1 unspecified atom stereocenters. The van der Waals surface area contributed by atoms with E-state index in [1.165, 1.54) is 30.3 Å². The molecule has 0 amide bonds. The summed E-state index contributed by atoms with van der Waals surface area (Å²) >= 11 is 0. The summed E-state index contributed by atoms with van der Waals surface area (Å²) in [4.78, 5) is 21.7. The Morgan fingerprint density at radius 3 is 2.56 bits per heavy atom. The topological polar surface area (TPSA) is 127 Å². The number of para-hydroxylation sites is 1. The van der Waals surface area contributed by atoms with Crippen LogP contribution in [-0.4, -0.2) is 22.0 Å². The Hall–Kier alpha value is -5.26. The minimum absolute atomic E-state index is 0.000972. The molecular weight excluding hydrogens is 542 g/mol. The minimum atomic E-state index is -4.92. The predicted molar refractivity (Wildman–Crippen MR) is 145 cm³/mol. The number of benzene rings is 3. The summed E-state index contributed by atoms with van der Waals surface area (Å²) < 4.78 is 62.6. The number of nitrogens with two attached hydrogens (primary N) is 1. The van der Waals surface area contributed by atoms with Crippen LogP contribution in [0.15, 0.2) is 88.3 Å². The standard InChI is InChI=1S/C29H21F4N5O3/c1-15(26-22(16-6-4-8-18(30)12-16)25(39)20-10-2-3-11-21(20)40-26)38-28-23(27(35)36-14-37-28)24(34)17-7-5-9-19(13-17)41-29(31,32)33/h2-15,34H,1H3,(H3,35,36,37,38). The molecular formula is C29H21F4N5O3. The van der Waals surface area contributed by atoms with Crippen molar-refractivity contribution in [3.63, 3.8) is 0 Å². The molecule has 0 radical (unpaired) electrons. The maximum Gasteiger partial charge on any atom is 0.573 e. The lowest BCUT2D eigenvalue weighted by Crippen LogP contribution is -2.19. The molecule has 0 aliphatic heterocycles. The van der Waals surface area contributed by atoms with Crippen LogP contribution in [0.1, 0.15) is 29.9 Å². The number of ether oxygens (including phenoxy) is 1. The van der Waals surface area contributed by atoms with Crippen LogP contribution in [-0.2, 0) is 0 Å². The van der Waals surface area contributed by atoms with Crippen molar-refractivity contribution in [3.05, 3.63) is 112 Å². The maximum absolute atomic E-state index is 14.2. The van der Waals surface area contributed by atoms with Crippen molar-refractivity contribution in [2.75, 3.05) is 11.1 Å². The number of halogens is 4. The van der Waals surface area contributed by atoms with Gasteiger partial charge in [0.15, 0.2) is 0 Å². The predicted octanol–water partition coefficient (Wildman–Crippen LogP) is 6.46. The molecule has 5 rings (SSSR count). The van der Waals surface area contributed by atoms with Crippen molar-refractivity contribution >= 4 is 28.3 Å². The van der Waals surface area contributed by atoms with Crippen LogP contribution in [0.25, 0.3) is 22.1 Å². The SMILES string of the molecule is CC(Nc1ncnc(N)c1C(=N)c1cccc(OC(F)(F)F)c1)c1oc2ccccc2c(=O)c1-c1cccc(F)c1. The highest BCUT2D eigenvalue weighted by atomic mass is 19.4. The highest BCUT2D eigenvalue weighted by molar-refractivity contribution is 6.16. The van der Waals surface area contributed by atoms with Crippen LogP contribution < -0.4 is 21.2 Å². The van der Waals surface area contributed by atoms with Crippen LogP contribution in [0.4, 0.5) is 29.2 Å². The molecule has 0 saturated carbocycles. The number of fused-ring (bicyclic) bond motifs is 1. The Morgan fingerprint density at radius 2 is 1.80 bits per heavy atom. The van der Waals surface area contributed by atoms with Gasteiger partial charge in [-0.05, 0) is 48.9 Å². The van der Waals surface area contributed by atoms with Gasteiger partial charge < -0.3 is 20.2 Å². The Balaban J connectivity index is 1.58. The van der Waals surface area contributed by atoms with Crippen LogP contribution in [0.3, 0.4) is 0 Å². The number of alkyl halides is 3. The number of anilines is 2. The summed E-state index contributed by atoms with van der Waals surface area (Å²) in [5, 5.41) is 12.1. The van der Waals surface area contributed by atoms with Crippen molar-refractivity contribution < 1.29 is 26.7 Å². The van der Waals surface area contributed by atoms with Crippen LogP contribution in [0, 0.1) is 11.2 Å². The first-order chi connectivity index (χ1) is 19.5. The summed E-state index contributed by atoms with van der Waals surface area (Å²) in [7, 11) is 0. The van der Waals surface area contributed by atoms with Crippen molar-refractivity contribution in [1.82, 2.24) is 9.97 Å².